The Morgan fingerprint density at radius 1 is 1.16 bits per heavy atom. The summed E-state index contributed by atoms with van der Waals surface area (Å²) < 4.78 is 5.66. The highest BCUT2D eigenvalue weighted by molar-refractivity contribution is 7.27. The Morgan fingerprint density at radius 2 is 1.84 bits per heavy atom. The minimum atomic E-state index is -2.18. The van der Waals surface area contributed by atoms with Gasteiger partial charge >= 0.3 is 0 Å². The summed E-state index contributed by atoms with van der Waals surface area (Å²) in [5, 5.41) is 33.8. The quantitative estimate of drug-likeness (QED) is 0.181. The fourth-order valence-corrected chi connectivity index (χ4v) is 5.12. The number of methoxy groups -OCH3 is 1. The Hall–Kier alpha value is -3.84. The maximum atomic E-state index is 13.8. The third-order valence-corrected chi connectivity index (χ3v) is 7.26. The van der Waals surface area contributed by atoms with Crippen LogP contribution in [0.2, 0.25) is 5.02 Å². The van der Waals surface area contributed by atoms with Crippen LogP contribution in [0, 0.1) is 5.41 Å². The highest BCUT2D eigenvalue weighted by Gasteiger charge is 2.54. The van der Waals surface area contributed by atoms with E-state index in [-0.39, 0.29) is 34.5 Å². The van der Waals surface area contributed by atoms with Crippen molar-refractivity contribution in [3.05, 3.63) is 94.1 Å². The lowest BCUT2D eigenvalue weighted by molar-refractivity contribution is -0.0834. The SMILES string of the molecule is COc1c2c(c(O)c3ncccc13)C(=O)N(Cc1ccc(P)cc1)C2(O)CC(=N)C(=O)c1ccc(Cl)cc1. The van der Waals surface area contributed by atoms with Crippen LogP contribution < -0.4 is 10.0 Å². The zero-order chi connectivity index (χ0) is 27.2. The summed E-state index contributed by atoms with van der Waals surface area (Å²) in [7, 11) is 3.96. The molecule has 0 spiro atoms. The topological polar surface area (TPSA) is 124 Å². The van der Waals surface area contributed by atoms with Crippen molar-refractivity contribution in [3.8, 4) is 11.5 Å². The lowest BCUT2D eigenvalue weighted by atomic mass is 9.90. The molecular formula is C28H23ClN3O5P. The first-order valence-electron chi connectivity index (χ1n) is 11.6. The number of phenolic OH excluding ortho intramolecular Hbond substituents is 1. The van der Waals surface area contributed by atoms with Crippen molar-refractivity contribution in [2.24, 2.45) is 0 Å². The number of nitrogens with one attached hydrogen (secondary N) is 1. The fourth-order valence-electron chi connectivity index (χ4n) is 4.80. The summed E-state index contributed by atoms with van der Waals surface area (Å²) in [6, 6.07) is 16.6. The van der Waals surface area contributed by atoms with E-state index >= 15 is 0 Å². The lowest BCUT2D eigenvalue weighted by Gasteiger charge is -2.35. The van der Waals surface area contributed by atoms with E-state index < -0.39 is 35.3 Å². The maximum absolute atomic E-state index is 13.8. The number of pyridine rings is 1. The van der Waals surface area contributed by atoms with Gasteiger partial charge in [-0.3, -0.25) is 14.6 Å². The number of hydrogen-bond acceptors (Lipinski definition) is 7. The largest absolute Gasteiger partial charge is 0.505 e. The van der Waals surface area contributed by atoms with Gasteiger partial charge < -0.3 is 25.3 Å². The molecule has 3 N–H and O–H groups in total. The number of aromatic nitrogens is 1. The van der Waals surface area contributed by atoms with E-state index in [0.29, 0.717) is 16.0 Å². The number of ketones is 1. The molecule has 0 bridgehead atoms. The van der Waals surface area contributed by atoms with Gasteiger partial charge in [-0.2, -0.15) is 0 Å². The van der Waals surface area contributed by atoms with Gasteiger partial charge in [-0.05, 0) is 47.3 Å². The average Bonchev–Trinajstić information content (AvgIpc) is 3.12. The number of ether oxygens (including phenoxy) is 1. The van der Waals surface area contributed by atoms with Crippen molar-refractivity contribution in [3.63, 3.8) is 0 Å². The van der Waals surface area contributed by atoms with Gasteiger partial charge in [-0.15, -0.1) is 9.24 Å². The van der Waals surface area contributed by atoms with Crippen molar-refractivity contribution in [2.75, 3.05) is 7.11 Å². The molecule has 2 atom stereocenters. The van der Waals surface area contributed by atoms with E-state index in [1.165, 1.54) is 37.6 Å². The summed E-state index contributed by atoms with van der Waals surface area (Å²) in [6.45, 7) is -0.0518. The third kappa shape index (κ3) is 4.21. The molecule has 192 valence electrons. The molecule has 0 saturated heterocycles. The number of carbonyl (C=O) groups is 2. The molecular weight excluding hydrogens is 525 g/mol. The van der Waals surface area contributed by atoms with E-state index in [9.17, 15) is 19.8 Å². The first kappa shape index (κ1) is 25.8. The molecule has 1 aromatic heterocycles. The number of Topliss-reactive ketones (excluding diaryl/α,β-unsaturated/α-hetero) is 1. The number of nitrogens with zero attached hydrogens (tertiary/aromatic N) is 2. The van der Waals surface area contributed by atoms with Crippen LogP contribution in [0.1, 0.15) is 38.3 Å². The van der Waals surface area contributed by atoms with Gasteiger partial charge in [0.15, 0.2) is 11.5 Å². The molecule has 5 rings (SSSR count). The van der Waals surface area contributed by atoms with Crippen molar-refractivity contribution in [1.82, 2.24) is 9.88 Å². The third-order valence-electron chi connectivity index (χ3n) is 6.62. The standard InChI is InChI=1S/C28H23ClN3O5P/c1-37-26-19-3-2-12-31-23(19)25(34)21-22(26)28(36,13-20(30)24(33)16-6-8-17(29)9-7-16)32(27(21)35)14-15-4-10-18(38)11-5-15/h2-12,30,34,36H,13-14,38H2,1H3. The molecule has 4 aromatic rings. The second kappa shape index (κ2) is 9.80. The number of halogens is 1. The van der Waals surface area contributed by atoms with Crippen LogP contribution in [0.15, 0.2) is 66.9 Å². The summed E-state index contributed by atoms with van der Waals surface area (Å²) in [5.41, 5.74) is -1.75. The number of rotatable bonds is 7. The Labute approximate surface area is 225 Å². The van der Waals surface area contributed by atoms with Crippen molar-refractivity contribution in [2.45, 2.75) is 18.7 Å². The van der Waals surface area contributed by atoms with Crippen molar-refractivity contribution < 1.29 is 24.5 Å². The summed E-state index contributed by atoms with van der Waals surface area (Å²) in [4.78, 5) is 32.3. The van der Waals surface area contributed by atoms with E-state index in [1.807, 2.05) is 12.1 Å². The monoisotopic (exact) mass is 547 g/mol. The molecule has 0 saturated carbocycles. The molecule has 8 nitrogen and oxygen atoms in total. The van der Waals surface area contributed by atoms with E-state index in [1.54, 1.807) is 24.3 Å². The number of benzene rings is 3. The van der Waals surface area contributed by atoms with Gasteiger partial charge in [0, 0.05) is 35.1 Å². The predicted molar refractivity (Wildman–Crippen MR) is 148 cm³/mol. The van der Waals surface area contributed by atoms with Crippen molar-refractivity contribution in [1.29, 1.82) is 5.41 Å². The molecule has 0 fully saturated rings. The average molecular weight is 548 g/mol. The van der Waals surface area contributed by atoms with Gasteiger partial charge in [0.1, 0.15) is 11.3 Å². The van der Waals surface area contributed by atoms with Crippen LogP contribution in [0.5, 0.6) is 11.5 Å². The van der Waals surface area contributed by atoms with Crippen LogP contribution >= 0.6 is 20.8 Å². The zero-order valence-electron chi connectivity index (χ0n) is 20.2. The van der Waals surface area contributed by atoms with Gasteiger partial charge in [-0.1, -0.05) is 35.9 Å². The van der Waals surface area contributed by atoms with Gasteiger partial charge in [0.05, 0.1) is 23.9 Å². The molecule has 1 amide bonds. The second-order valence-corrected chi connectivity index (χ2v) is 10.1. The molecule has 10 heteroatoms. The Balaban J connectivity index is 1.67. The molecule has 1 aliphatic rings. The van der Waals surface area contributed by atoms with Crippen LogP contribution in [0.25, 0.3) is 10.9 Å². The smallest absolute Gasteiger partial charge is 0.261 e. The number of carbonyl (C=O) groups excluding carboxylic acids is 2. The van der Waals surface area contributed by atoms with Crippen molar-refractivity contribution >= 4 is 54.5 Å². The number of fused-ring (bicyclic) bond motifs is 2. The number of amides is 1. The normalized spacial score (nSPS) is 16.5. The Morgan fingerprint density at radius 3 is 2.50 bits per heavy atom. The Kier molecular flexibility index (Phi) is 6.65. The van der Waals surface area contributed by atoms with Crippen LogP contribution in [0.3, 0.4) is 0 Å². The molecule has 1 aliphatic heterocycles. The number of aromatic hydroxyl groups is 1. The summed E-state index contributed by atoms with van der Waals surface area (Å²) in [5.74, 6) is -1.58. The van der Waals surface area contributed by atoms with Crippen LogP contribution in [-0.2, 0) is 12.3 Å². The minimum absolute atomic E-state index is 0.0145. The second-order valence-electron chi connectivity index (χ2n) is 8.97. The maximum Gasteiger partial charge on any atom is 0.261 e. The molecule has 0 radical (unpaired) electrons. The number of hydrogen-bond donors (Lipinski definition) is 3. The van der Waals surface area contributed by atoms with Crippen LogP contribution in [0.4, 0.5) is 0 Å². The van der Waals surface area contributed by atoms with Gasteiger partial charge in [0.2, 0.25) is 5.78 Å². The van der Waals surface area contributed by atoms with E-state index in [0.717, 1.165) is 10.2 Å². The first-order chi connectivity index (χ1) is 18.2. The number of aliphatic hydroxyl groups is 1. The zero-order valence-corrected chi connectivity index (χ0v) is 22.1. The van der Waals surface area contributed by atoms with Crippen LogP contribution in [-0.4, -0.2) is 44.6 Å². The minimum Gasteiger partial charge on any atom is -0.505 e. The molecule has 2 unspecified atom stereocenters. The lowest BCUT2D eigenvalue weighted by Crippen LogP contribution is -2.45. The highest BCUT2D eigenvalue weighted by Crippen LogP contribution is 2.52. The molecule has 2 heterocycles. The van der Waals surface area contributed by atoms with E-state index in [2.05, 4.69) is 14.2 Å². The Bertz CT molecular complexity index is 1610. The summed E-state index contributed by atoms with van der Waals surface area (Å²) in [6.07, 6.45) is 0.929. The van der Waals surface area contributed by atoms with Gasteiger partial charge in [0.25, 0.3) is 5.91 Å². The number of phenols is 1. The summed E-state index contributed by atoms with van der Waals surface area (Å²) >= 11 is 5.94. The highest BCUT2D eigenvalue weighted by atomic mass is 35.5. The molecule has 0 aliphatic carbocycles. The fraction of sp³-hybridized carbons (Fsp3) is 0.143. The first-order valence-corrected chi connectivity index (χ1v) is 12.6. The molecule has 38 heavy (non-hydrogen) atoms. The predicted octanol–water partition coefficient (Wildman–Crippen LogP) is 4.20. The van der Waals surface area contributed by atoms with Gasteiger partial charge in [-0.25, -0.2) is 0 Å². The molecule has 3 aromatic carbocycles. The van der Waals surface area contributed by atoms with E-state index in [4.69, 9.17) is 21.7 Å².